The number of benzene rings is 1. The fourth-order valence-electron chi connectivity index (χ4n) is 1.48. The Morgan fingerprint density at radius 2 is 1.94 bits per heavy atom. The molecule has 0 aromatic heterocycles. The van der Waals surface area contributed by atoms with Crippen LogP contribution in [-0.4, -0.2) is 26.1 Å². The zero-order valence-corrected chi connectivity index (χ0v) is 11.6. The van der Waals surface area contributed by atoms with Gasteiger partial charge in [0.05, 0.1) is 16.4 Å². The lowest BCUT2D eigenvalue weighted by atomic mass is 10.2. The highest BCUT2D eigenvalue weighted by molar-refractivity contribution is 7.84. The van der Waals surface area contributed by atoms with E-state index in [2.05, 4.69) is 9.63 Å². The van der Waals surface area contributed by atoms with Crippen LogP contribution in [0.5, 0.6) is 0 Å². The zero-order valence-electron chi connectivity index (χ0n) is 10.0. The van der Waals surface area contributed by atoms with Gasteiger partial charge >= 0.3 is 10.3 Å². The normalized spacial score (nSPS) is 12.0. The van der Waals surface area contributed by atoms with E-state index in [1.54, 1.807) is 12.1 Å². The van der Waals surface area contributed by atoms with Gasteiger partial charge in [-0.1, -0.05) is 11.6 Å². The first-order valence-electron chi connectivity index (χ1n) is 5.32. The van der Waals surface area contributed by atoms with Gasteiger partial charge in [0.1, 0.15) is 0 Å². The van der Waals surface area contributed by atoms with E-state index in [4.69, 9.17) is 16.2 Å². The van der Waals surface area contributed by atoms with Crippen molar-refractivity contribution in [2.24, 2.45) is 9.63 Å². The lowest BCUT2D eigenvalue weighted by Crippen LogP contribution is -2.21. The van der Waals surface area contributed by atoms with Crippen LogP contribution < -0.4 is 4.90 Å². The minimum atomic E-state index is -4.47. The maximum Gasteiger partial charge on any atom is 0.396 e. The van der Waals surface area contributed by atoms with Crippen LogP contribution in [0.15, 0.2) is 27.8 Å². The molecule has 0 aliphatic carbocycles. The summed E-state index contributed by atoms with van der Waals surface area (Å²) in [6.45, 7) is 5.63. The van der Waals surface area contributed by atoms with Gasteiger partial charge in [-0.3, -0.25) is 4.55 Å². The summed E-state index contributed by atoms with van der Waals surface area (Å²) >= 11 is 6.08. The molecule has 0 spiro atoms. The Morgan fingerprint density at radius 1 is 1.33 bits per heavy atom. The maximum atomic E-state index is 10.4. The van der Waals surface area contributed by atoms with E-state index in [9.17, 15) is 8.42 Å². The SMILES string of the molecule is CCN(CC)c1ccc(N=NS(=O)(=O)O)cc1Cl. The summed E-state index contributed by atoms with van der Waals surface area (Å²) in [7, 11) is -4.47. The van der Waals surface area contributed by atoms with Gasteiger partial charge in [-0.05, 0) is 36.6 Å². The second kappa shape index (κ2) is 6.12. The summed E-state index contributed by atoms with van der Waals surface area (Å²) in [5.74, 6) is 0. The van der Waals surface area contributed by atoms with Crippen molar-refractivity contribution in [1.29, 1.82) is 0 Å². The summed E-state index contributed by atoms with van der Waals surface area (Å²) in [6.07, 6.45) is 0. The fraction of sp³-hybridized carbons (Fsp3) is 0.400. The van der Waals surface area contributed by atoms with Gasteiger partial charge in [0.2, 0.25) is 0 Å². The standard InChI is InChI=1S/C10H14ClN3O3S/c1-3-14(4-2)10-6-5-8(7-9(10)11)12-13-18(15,16)17/h5-7H,3-4H2,1-2H3,(H,15,16,17). The molecule has 0 bridgehead atoms. The molecule has 0 heterocycles. The monoisotopic (exact) mass is 291 g/mol. The van der Waals surface area contributed by atoms with Crippen LogP contribution in [0.1, 0.15) is 13.8 Å². The summed E-state index contributed by atoms with van der Waals surface area (Å²) in [5.41, 5.74) is 1.10. The van der Waals surface area contributed by atoms with Crippen LogP contribution >= 0.6 is 11.6 Å². The highest BCUT2D eigenvalue weighted by Gasteiger charge is 2.08. The smallest absolute Gasteiger partial charge is 0.371 e. The highest BCUT2D eigenvalue weighted by Crippen LogP contribution is 2.30. The Balaban J connectivity index is 3.03. The second-order valence-electron chi connectivity index (χ2n) is 3.44. The third kappa shape index (κ3) is 4.25. The summed E-state index contributed by atoms with van der Waals surface area (Å²) < 4.78 is 32.0. The van der Waals surface area contributed by atoms with Crippen molar-refractivity contribution < 1.29 is 13.0 Å². The molecule has 1 N–H and O–H groups in total. The molecule has 0 radical (unpaired) electrons. The Labute approximate surface area is 111 Å². The molecule has 0 aliphatic rings. The quantitative estimate of drug-likeness (QED) is 0.667. The van der Waals surface area contributed by atoms with E-state index in [0.29, 0.717) is 5.02 Å². The van der Waals surface area contributed by atoms with Crippen LogP contribution in [-0.2, 0) is 10.3 Å². The predicted molar refractivity (Wildman–Crippen MR) is 71.1 cm³/mol. The topological polar surface area (TPSA) is 82.3 Å². The van der Waals surface area contributed by atoms with Gasteiger partial charge in [-0.25, -0.2) is 0 Å². The third-order valence-electron chi connectivity index (χ3n) is 2.29. The van der Waals surface area contributed by atoms with E-state index >= 15 is 0 Å². The summed E-state index contributed by atoms with van der Waals surface area (Å²) in [4.78, 5) is 2.05. The largest absolute Gasteiger partial charge is 0.396 e. The minimum absolute atomic E-state index is 0.258. The molecule has 0 atom stereocenters. The number of halogens is 1. The lowest BCUT2D eigenvalue weighted by Gasteiger charge is -2.22. The number of anilines is 1. The van der Waals surface area contributed by atoms with Crippen molar-refractivity contribution >= 4 is 33.3 Å². The molecule has 0 amide bonds. The molecule has 1 aromatic carbocycles. The molecule has 0 saturated heterocycles. The van der Waals surface area contributed by atoms with Gasteiger partial charge in [-0.15, -0.1) is 5.11 Å². The average molecular weight is 292 g/mol. The van der Waals surface area contributed by atoms with Gasteiger partial charge in [0.25, 0.3) is 0 Å². The molecule has 0 saturated carbocycles. The summed E-state index contributed by atoms with van der Waals surface area (Å²) in [5, 5.41) is 3.82. The average Bonchev–Trinajstić information content (AvgIpc) is 2.29. The van der Waals surface area contributed by atoms with E-state index in [1.165, 1.54) is 6.07 Å². The van der Waals surface area contributed by atoms with E-state index in [1.807, 2.05) is 18.7 Å². The zero-order chi connectivity index (χ0) is 13.8. The van der Waals surface area contributed by atoms with Crippen molar-refractivity contribution in [3.63, 3.8) is 0 Å². The molecule has 1 aromatic rings. The van der Waals surface area contributed by atoms with E-state index < -0.39 is 10.3 Å². The van der Waals surface area contributed by atoms with Gasteiger partial charge < -0.3 is 4.90 Å². The second-order valence-corrected chi connectivity index (χ2v) is 4.90. The Morgan fingerprint density at radius 3 is 2.39 bits per heavy atom. The van der Waals surface area contributed by atoms with Gasteiger partial charge in [-0.2, -0.15) is 8.42 Å². The molecular formula is C10H14ClN3O3S. The van der Waals surface area contributed by atoms with Crippen LogP contribution in [0.25, 0.3) is 0 Å². The Hall–Kier alpha value is -1.18. The van der Waals surface area contributed by atoms with Crippen LogP contribution in [0.2, 0.25) is 5.02 Å². The van der Waals surface area contributed by atoms with Crippen molar-refractivity contribution in [2.45, 2.75) is 13.8 Å². The van der Waals surface area contributed by atoms with Crippen LogP contribution in [0.4, 0.5) is 11.4 Å². The molecule has 18 heavy (non-hydrogen) atoms. The van der Waals surface area contributed by atoms with Crippen LogP contribution in [0.3, 0.4) is 0 Å². The first kappa shape index (κ1) is 14.9. The van der Waals surface area contributed by atoms with Crippen LogP contribution in [0, 0.1) is 0 Å². The molecule has 8 heteroatoms. The van der Waals surface area contributed by atoms with Crippen molar-refractivity contribution in [2.75, 3.05) is 18.0 Å². The lowest BCUT2D eigenvalue weighted by molar-refractivity contribution is 0.482. The predicted octanol–water partition coefficient (Wildman–Crippen LogP) is 3.07. The summed E-state index contributed by atoms with van der Waals surface area (Å²) in [6, 6.07) is 4.80. The highest BCUT2D eigenvalue weighted by atomic mass is 35.5. The number of rotatable bonds is 5. The number of hydrogen-bond acceptors (Lipinski definition) is 4. The maximum absolute atomic E-state index is 10.4. The minimum Gasteiger partial charge on any atom is -0.371 e. The number of hydrogen-bond donors (Lipinski definition) is 1. The first-order chi connectivity index (χ1) is 8.37. The van der Waals surface area contributed by atoms with E-state index in [-0.39, 0.29) is 5.69 Å². The molecule has 0 unspecified atom stereocenters. The van der Waals surface area contributed by atoms with Crippen molar-refractivity contribution in [1.82, 2.24) is 0 Å². The first-order valence-corrected chi connectivity index (χ1v) is 7.09. The molecule has 0 fully saturated rings. The van der Waals surface area contributed by atoms with Crippen molar-refractivity contribution in [3.8, 4) is 0 Å². The third-order valence-corrected chi connectivity index (χ3v) is 2.89. The molecule has 0 aliphatic heterocycles. The van der Waals surface area contributed by atoms with Gasteiger partial charge in [0, 0.05) is 13.1 Å². The van der Waals surface area contributed by atoms with Crippen molar-refractivity contribution in [3.05, 3.63) is 23.2 Å². The number of nitrogens with zero attached hydrogens (tertiary/aromatic N) is 3. The van der Waals surface area contributed by atoms with Gasteiger partial charge in [0.15, 0.2) is 0 Å². The Bertz CT molecular complexity index is 541. The Kier molecular flexibility index (Phi) is 5.06. The molecule has 6 nitrogen and oxygen atoms in total. The molecule has 100 valence electrons. The molecular weight excluding hydrogens is 278 g/mol. The van der Waals surface area contributed by atoms with E-state index in [0.717, 1.165) is 18.8 Å². The molecule has 1 rings (SSSR count). The fourth-order valence-corrected chi connectivity index (χ4v) is 1.97.